The fourth-order valence-electron chi connectivity index (χ4n) is 5.65. The van der Waals surface area contributed by atoms with Gasteiger partial charge in [0.05, 0.1) is 40.3 Å². The monoisotopic (exact) mass is 533 g/mol. The van der Waals surface area contributed by atoms with Crippen molar-refractivity contribution in [1.29, 1.82) is 0 Å². The molecule has 5 aromatic rings. The van der Waals surface area contributed by atoms with Gasteiger partial charge < -0.3 is 23.7 Å². The van der Waals surface area contributed by atoms with Gasteiger partial charge in [-0.05, 0) is 70.1 Å². The number of hydrogen-bond acceptors (Lipinski definition) is 9. The van der Waals surface area contributed by atoms with Crippen LogP contribution in [0.1, 0.15) is 55.6 Å². The summed E-state index contributed by atoms with van der Waals surface area (Å²) in [6.45, 7) is 8.79. The quantitative estimate of drug-likeness (QED) is 0.302. The lowest BCUT2D eigenvalue weighted by molar-refractivity contribution is 0.0542. The summed E-state index contributed by atoms with van der Waals surface area (Å²) in [6, 6.07) is 5.88. The van der Waals surface area contributed by atoms with Crippen LogP contribution in [0.4, 0.5) is 0 Å². The molecule has 38 heavy (non-hydrogen) atoms. The predicted octanol–water partition coefficient (Wildman–Crippen LogP) is 5.56. The van der Waals surface area contributed by atoms with Crippen molar-refractivity contribution in [2.45, 2.75) is 52.2 Å². The van der Waals surface area contributed by atoms with Gasteiger partial charge in [-0.1, -0.05) is 5.16 Å². The molecule has 6 rings (SSSR count). The second-order valence-corrected chi connectivity index (χ2v) is 11.2. The van der Waals surface area contributed by atoms with Crippen molar-refractivity contribution in [1.82, 2.24) is 24.1 Å². The number of ether oxygens (including phenoxy) is 2. The highest BCUT2D eigenvalue weighted by molar-refractivity contribution is 7.14. The molecule has 0 saturated carbocycles. The number of aryl methyl sites for hydroxylation is 2. The molecule has 0 radical (unpaired) electrons. The Bertz CT molecular complexity index is 1600. The van der Waals surface area contributed by atoms with Crippen LogP contribution in [0, 0.1) is 19.8 Å². The van der Waals surface area contributed by atoms with Crippen molar-refractivity contribution in [2.24, 2.45) is 5.92 Å². The van der Waals surface area contributed by atoms with Crippen molar-refractivity contribution in [3.05, 3.63) is 53.4 Å². The van der Waals surface area contributed by atoms with E-state index < -0.39 is 5.60 Å². The highest BCUT2D eigenvalue weighted by atomic mass is 32.1. The second kappa shape index (κ2) is 9.44. The molecule has 1 N–H and O–H groups in total. The molecule has 198 valence electrons. The molecule has 1 aliphatic heterocycles. The van der Waals surface area contributed by atoms with E-state index in [0.29, 0.717) is 18.9 Å². The summed E-state index contributed by atoms with van der Waals surface area (Å²) in [6.07, 6.45) is 5.43. The maximum absolute atomic E-state index is 11.2. The summed E-state index contributed by atoms with van der Waals surface area (Å²) in [4.78, 5) is 9.79. The lowest BCUT2D eigenvalue weighted by atomic mass is 9.88. The van der Waals surface area contributed by atoms with Gasteiger partial charge in [0.25, 0.3) is 0 Å². The summed E-state index contributed by atoms with van der Waals surface area (Å²) in [5.74, 6) is 1.75. The van der Waals surface area contributed by atoms with Crippen molar-refractivity contribution in [3.8, 4) is 16.9 Å². The number of hydrogen-bond donors (Lipinski definition) is 1. The Hall–Kier alpha value is -3.34. The van der Waals surface area contributed by atoms with Crippen LogP contribution in [0.3, 0.4) is 0 Å². The summed E-state index contributed by atoms with van der Waals surface area (Å²) < 4.78 is 24.8. The molecule has 9 nitrogen and oxygen atoms in total. The average Bonchev–Trinajstić information content (AvgIpc) is 3.58. The molecule has 0 aromatic carbocycles. The number of nitrogens with zero attached hydrogens (tertiary/aromatic N) is 5. The lowest BCUT2D eigenvalue weighted by Gasteiger charge is -2.33. The van der Waals surface area contributed by atoms with Crippen molar-refractivity contribution < 1.29 is 19.1 Å². The molecule has 6 heterocycles. The van der Waals surface area contributed by atoms with Gasteiger partial charge in [0, 0.05) is 42.8 Å². The van der Waals surface area contributed by atoms with Crippen LogP contribution in [-0.2, 0) is 10.3 Å². The van der Waals surface area contributed by atoms with Crippen LogP contribution < -0.4 is 4.74 Å². The third-order valence-electron chi connectivity index (χ3n) is 7.43. The fourth-order valence-corrected chi connectivity index (χ4v) is 6.67. The SMILES string of the molecule is COc1ccnc(C(C2CCOCC2)n2c3cc(-c4c(C)noc4C)cnc3c3snc(C(C)(C)O)c32)c1. The van der Waals surface area contributed by atoms with Gasteiger partial charge in [0.1, 0.15) is 28.3 Å². The van der Waals surface area contributed by atoms with Crippen LogP contribution in [0.2, 0.25) is 0 Å². The standard InChI is InChI=1S/C28H31N5O4S/c1-15-22(16(2)37-31-15)18-12-21-23(30-14-18)26-25(27(32-38-26)28(3,4)34)33(21)24(17-7-10-36-11-8-17)20-13-19(35-5)6-9-29-20/h6,9,12-14,17,24,34H,7-8,10-11H2,1-5H3. The predicted molar refractivity (Wildman–Crippen MR) is 146 cm³/mol. The maximum Gasteiger partial charge on any atom is 0.141 e. The number of aliphatic hydroxyl groups is 1. The maximum atomic E-state index is 11.2. The molecule has 1 unspecified atom stereocenters. The normalized spacial score (nSPS) is 15.9. The Morgan fingerprint density at radius 3 is 2.66 bits per heavy atom. The lowest BCUT2D eigenvalue weighted by Crippen LogP contribution is -2.28. The minimum Gasteiger partial charge on any atom is -0.497 e. The first-order chi connectivity index (χ1) is 18.3. The van der Waals surface area contributed by atoms with Crippen molar-refractivity contribution in [3.63, 3.8) is 0 Å². The Kier molecular flexibility index (Phi) is 6.20. The van der Waals surface area contributed by atoms with Gasteiger partial charge >= 0.3 is 0 Å². The third-order valence-corrected chi connectivity index (χ3v) is 8.28. The van der Waals surface area contributed by atoms with Gasteiger partial charge in [-0.15, -0.1) is 0 Å². The van der Waals surface area contributed by atoms with Crippen LogP contribution in [-0.4, -0.2) is 49.5 Å². The van der Waals surface area contributed by atoms with Gasteiger partial charge in [-0.3, -0.25) is 9.97 Å². The van der Waals surface area contributed by atoms with E-state index in [0.717, 1.165) is 68.1 Å². The first kappa shape index (κ1) is 25.0. The molecule has 10 heteroatoms. The summed E-state index contributed by atoms with van der Waals surface area (Å²) in [5, 5.41) is 15.3. The van der Waals surface area contributed by atoms with E-state index in [-0.39, 0.29) is 12.0 Å². The fraction of sp³-hybridized carbons (Fsp3) is 0.429. The van der Waals surface area contributed by atoms with E-state index in [1.807, 2.05) is 32.2 Å². The zero-order chi connectivity index (χ0) is 26.6. The number of methoxy groups -OCH3 is 1. The highest BCUT2D eigenvalue weighted by Crippen LogP contribution is 2.45. The molecule has 0 amide bonds. The summed E-state index contributed by atoms with van der Waals surface area (Å²) in [5.41, 5.74) is 5.78. The molecule has 1 fully saturated rings. The Morgan fingerprint density at radius 2 is 1.97 bits per heavy atom. The van der Waals surface area contributed by atoms with Crippen LogP contribution in [0.5, 0.6) is 5.75 Å². The first-order valence-electron chi connectivity index (χ1n) is 12.8. The van der Waals surface area contributed by atoms with E-state index >= 15 is 0 Å². The van der Waals surface area contributed by atoms with Crippen molar-refractivity contribution >= 4 is 32.8 Å². The smallest absolute Gasteiger partial charge is 0.141 e. The molecular weight excluding hydrogens is 502 g/mol. The van der Waals surface area contributed by atoms with Crippen LogP contribution in [0.15, 0.2) is 35.1 Å². The number of fused-ring (bicyclic) bond motifs is 3. The topological polar surface area (TPSA) is 108 Å². The molecule has 0 spiro atoms. The Labute approximate surface area is 224 Å². The van der Waals surface area contributed by atoms with Crippen LogP contribution in [0.25, 0.3) is 32.4 Å². The molecule has 0 aliphatic carbocycles. The summed E-state index contributed by atoms with van der Waals surface area (Å²) >= 11 is 1.37. The molecule has 5 aromatic heterocycles. The van der Waals surface area contributed by atoms with E-state index in [9.17, 15) is 5.11 Å². The Morgan fingerprint density at radius 1 is 1.18 bits per heavy atom. The zero-order valence-electron chi connectivity index (χ0n) is 22.2. The largest absolute Gasteiger partial charge is 0.497 e. The highest BCUT2D eigenvalue weighted by Gasteiger charge is 2.35. The minimum atomic E-state index is -1.14. The van der Waals surface area contributed by atoms with E-state index in [1.165, 1.54) is 11.5 Å². The molecule has 1 saturated heterocycles. The molecular formula is C28H31N5O4S. The number of aromatic nitrogens is 5. The number of rotatable bonds is 6. The average molecular weight is 534 g/mol. The van der Waals surface area contributed by atoms with Gasteiger partial charge in [0.2, 0.25) is 0 Å². The number of pyridine rings is 2. The summed E-state index contributed by atoms with van der Waals surface area (Å²) in [7, 11) is 1.67. The third kappa shape index (κ3) is 4.07. The first-order valence-corrected chi connectivity index (χ1v) is 13.6. The van der Waals surface area contributed by atoms with Gasteiger partial charge in [0.15, 0.2) is 0 Å². The van der Waals surface area contributed by atoms with Crippen molar-refractivity contribution in [2.75, 3.05) is 20.3 Å². The Balaban J connectivity index is 1.70. The molecule has 1 atom stereocenters. The zero-order valence-corrected chi connectivity index (χ0v) is 23.0. The van der Waals surface area contributed by atoms with Gasteiger partial charge in [-0.25, -0.2) is 0 Å². The van der Waals surface area contributed by atoms with Gasteiger partial charge in [-0.2, -0.15) is 4.37 Å². The second-order valence-electron chi connectivity index (χ2n) is 10.4. The van der Waals surface area contributed by atoms with E-state index in [4.69, 9.17) is 28.3 Å². The molecule has 0 bridgehead atoms. The van der Waals surface area contributed by atoms with E-state index in [1.54, 1.807) is 27.2 Å². The van der Waals surface area contributed by atoms with E-state index in [2.05, 4.69) is 15.8 Å². The molecule has 1 aliphatic rings. The minimum absolute atomic E-state index is 0.145. The van der Waals surface area contributed by atoms with Crippen LogP contribution >= 0.6 is 11.5 Å².